The van der Waals surface area contributed by atoms with E-state index in [4.69, 9.17) is 28.4 Å². The molecule has 3 aliphatic rings. The molecule has 3 saturated heterocycles. The first-order valence-electron chi connectivity index (χ1n) is 38.7. The summed E-state index contributed by atoms with van der Waals surface area (Å²) in [5.74, 6) is -6.14. The van der Waals surface area contributed by atoms with Crippen LogP contribution in [-0.4, -0.2) is 215 Å². The largest absolute Gasteiger partial charge is 0.477 e. The molecule has 2 amide bonds. The molecule has 0 radical (unpaired) electrons. The number of rotatable bonds is 60. The summed E-state index contributed by atoms with van der Waals surface area (Å²) in [7, 11) is 0. The maximum Gasteiger partial charge on any atom is 0.364 e. The molecule has 23 heteroatoms. The van der Waals surface area contributed by atoms with Crippen LogP contribution in [0.25, 0.3) is 0 Å². The van der Waals surface area contributed by atoms with Crippen molar-refractivity contribution >= 4 is 17.8 Å². The van der Waals surface area contributed by atoms with E-state index in [0.717, 1.165) is 58.3 Å². The van der Waals surface area contributed by atoms with Gasteiger partial charge in [-0.2, -0.15) is 0 Å². The van der Waals surface area contributed by atoms with Crippen molar-refractivity contribution < 1.29 is 104 Å². The summed E-state index contributed by atoms with van der Waals surface area (Å²) in [6, 6.07) is -2.62. The third kappa shape index (κ3) is 35.6. The molecule has 18 atom stereocenters. The van der Waals surface area contributed by atoms with Gasteiger partial charge in [0.1, 0.15) is 67.1 Å². The predicted octanol–water partition coefficient (Wildman–Crippen LogP) is 9.18. The van der Waals surface area contributed by atoms with Gasteiger partial charge >= 0.3 is 5.97 Å². The van der Waals surface area contributed by atoms with Crippen molar-refractivity contribution in [2.45, 2.75) is 407 Å². The molecule has 0 aromatic carbocycles. The summed E-state index contributed by atoms with van der Waals surface area (Å²) in [5.41, 5.74) is 0. The Balaban J connectivity index is 1.54. The van der Waals surface area contributed by atoms with Gasteiger partial charge in [0.25, 0.3) is 5.79 Å². The minimum Gasteiger partial charge on any atom is -0.477 e. The normalized spacial score (nSPS) is 27.3. The van der Waals surface area contributed by atoms with Crippen LogP contribution in [0.15, 0.2) is 24.3 Å². The molecule has 23 nitrogen and oxygen atoms in total. The number of allylic oxidation sites excluding steroid dienone is 3. The lowest BCUT2D eigenvalue weighted by atomic mass is 9.88. The van der Waals surface area contributed by atoms with Crippen LogP contribution < -0.4 is 10.6 Å². The molecule has 18 unspecified atom stereocenters. The molecule has 0 aromatic rings. The predicted molar refractivity (Wildman–Crippen MR) is 375 cm³/mol. The third-order valence-electron chi connectivity index (χ3n) is 19.6. The van der Waals surface area contributed by atoms with Crippen LogP contribution in [0.3, 0.4) is 0 Å². The molecule has 0 aliphatic carbocycles. The summed E-state index contributed by atoms with van der Waals surface area (Å²) < 4.78 is 34.9. The van der Waals surface area contributed by atoms with Gasteiger partial charge in [-0.3, -0.25) is 9.59 Å². The minimum absolute atomic E-state index is 0.199. The maximum absolute atomic E-state index is 13.5. The Kier molecular flexibility index (Phi) is 50.0. The molecule has 3 heterocycles. The summed E-state index contributed by atoms with van der Waals surface area (Å²) in [6.45, 7) is 2.17. The van der Waals surface area contributed by atoms with Crippen LogP contribution in [0.2, 0.25) is 0 Å². The Labute approximate surface area is 587 Å². The van der Waals surface area contributed by atoms with E-state index >= 15 is 0 Å². The molecule has 3 rings (SSSR count). The van der Waals surface area contributed by atoms with Gasteiger partial charge in [-0.1, -0.05) is 256 Å². The lowest BCUT2D eigenvalue weighted by molar-refractivity contribution is -0.386. The number of aliphatic carboxylic acids is 1. The number of carbonyl (C=O) groups excluding carboxylic acids is 2. The van der Waals surface area contributed by atoms with Crippen molar-refractivity contribution in [2.75, 3.05) is 26.4 Å². The van der Waals surface area contributed by atoms with E-state index in [9.17, 15) is 75.7 Å². The number of aliphatic hydroxyl groups excluding tert-OH is 11. The van der Waals surface area contributed by atoms with Gasteiger partial charge < -0.3 is 100 Å². The average Bonchev–Trinajstić information content (AvgIpc) is 0.756. The van der Waals surface area contributed by atoms with E-state index in [1.165, 1.54) is 199 Å². The van der Waals surface area contributed by atoms with Gasteiger partial charge in [0.05, 0.1) is 50.7 Å². The number of carboxylic acid groups (broad SMARTS) is 1. The van der Waals surface area contributed by atoms with E-state index in [0.29, 0.717) is 12.8 Å². The van der Waals surface area contributed by atoms with Gasteiger partial charge in [0.2, 0.25) is 11.8 Å². The van der Waals surface area contributed by atoms with Crippen molar-refractivity contribution in [1.29, 1.82) is 0 Å². The first-order valence-corrected chi connectivity index (χ1v) is 38.7. The Bertz CT molecular complexity index is 2060. The lowest BCUT2D eigenvalue weighted by Crippen LogP contribution is -2.70. The van der Waals surface area contributed by atoms with Crippen molar-refractivity contribution in [3.05, 3.63) is 24.3 Å². The van der Waals surface area contributed by atoms with Gasteiger partial charge in [0, 0.05) is 19.8 Å². The Morgan fingerprint density at radius 3 is 1.39 bits per heavy atom. The van der Waals surface area contributed by atoms with E-state index in [-0.39, 0.29) is 12.3 Å². The molecule has 14 N–H and O–H groups in total. The number of ether oxygens (including phenoxy) is 6. The Morgan fingerprint density at radius 1 is 0.531 bits per heavy atom. The topological polar surface area (TPSA) is 373 Å². The second-order valence-corrected chi connectivity index (χ2v) is 28.2. The highest BCUT2D eigenvalue weighted by molar-refractivity contribution is 5.77. The Hall–Kier alpha value is -2.79. The molecular formula is C75H138N2O21. The number of nitrogens with one attached hydrogen (secondary N) is 2. The molecule has 0 saturated carbocycles. The van der Waals surface area contributed by atoms with Gasteiger partial charge in [-0.25, -0.2) is 4.79 Å². The zero-order valence-electron chi connectivity index (χ0n) is 60.4. The monoisotopic (exact) mass is 1400 g/mol. The molecule has 0 spiro atoms. The number of carboxylic acids is 1. The second-order valence-electron chi connectivity index (χ2n) is 28.2. The summed E-state index contributed by atoms with van der Waals surface area (Å²) in [4.78, 5) is 38.6. The van der Waals surface area contributed by atoms with Crippen molar-refractivity contribution in [1.82, 2.24) is 10.6 Å². The third-order valence-corrected chi connectivity index (χ3v) is 19.6. The summed E-state index contributed by atoms with van der Waals surface area (Å²) in [6.07, 6.45) is 29.2. The number of unbranched alkanes of at least 4 members (excludes halogenated alkanes) is 38. The number of hydrogen-bond acceptors (Lipinski definition) is 20. The van der Waals surface area contributed by atoms with Crippen LogP contribution in [0.4, 0.5) is 0 Å². The number of amides is 2. The minimum atomic E-state index is -3.08. The van der Waals surface area contributed by atoms with E-state index in [2.05, 4.69) is 36.6 Å². The fourth-order valence-electron chi connectivity index (χ4n) is 13.5. The summed E-state index contributed by atoms with van der Waals surface area (Å²) in [5, 5.41) is 136. The molecule has 574 valence electrons. The molecule has 0 aromatic heterocycles. The molecule has 0 bridgehead atoms. The molecule has 3 aliphatic heterocycles. The quantitative estimate of drug-likeness (QED) is 0.0199. The lowest BCUT2D eigenvalue weighted by Gasteiger charge is -2.50. The smallest absolute Gasteiger partial charge is 0.364 e. The highest BCUT2D eigenvalue weighted by atomic mass is 16.8. The number of carbonyl (C=O) groups is 3. The highest BCUT2D eigenvalue weighted by Gasteiger charge is 2.60. The SMILES string of the molecule is CCCCCCCCCCCCCC/C=C\CCCCCCCCCCCC(=O)NC(COC1OC(CO)C(OC2OC(CO)C(O)C(OC3(C(=O)O)CC(O)C(NC(C)=O)C(C(O)C(O)CO)O3)C2O)C(O)C1O)C(O)/C=C/CCCCCCCCCCCCCCCCCCC. The van der Waals surface area contributed by atoms with Crippen LogP contribution in [0.5, 0.6) is 0 Å². The van der Waals surface area contributed by atoms with Crippen molar-refractivity contribution in [3.8, 4) is 0 Å². The molecule has 98 heavy (non-hydrogen) atoms. The van der Waals surface area contributed by atoms with E-state index in [1.807, 2.05) is 6.08 Å². The average molecular weight is 1400 g/mol. The van der Waals surface area contributed by atoms with Gasteiger partial charge in [-0.05, 0) is 44.9 Å². The zero-order valence-corrected chi connectivity index (χ0v) is 60.4. The van der Waals surface area contributed by atoms with Crippen LogP contribution >= 0.6 is 0 Å². The molecular weight excluding hydrogens is 1260 g/mol. The van der Waals surface area contributed by atoms with Gasteiger partial charge in [-0.15, -0.1) is 0 Å². The fourth-order valence-corrected chi connectivity index (χ4v) is 13.5. The maximum atomic E-state index is 13.5. The number of hydrogen-bond donors (Lipinski definition) is 14. The van der Waals surface area contributed by atoms with Crippen LogP contribution in [0.1, 0.15) is 297 Å². The Morgan fingerprint density at radius 2 is 0.959 bits per heavy atom. The summed E-state index contributed by atoms with van der Waals surface area (Å²) >= 11 is 0. The highest BCUT2D eigenvalue weighted by Crippen LogP contribution is 2.39. The van der Waals surface area contributed by atoms with Gasteiger partial charge in [0.15, 0.2) is 12.6 Å². The van der Waals surface area contributed by atoms with E-state index in [1.54, 1.807) is 6.08 Å². The zero-order chi connectivity index (χ0) is 71.8. The fraction of sp³-hybridized carbons (Fsp3) is 0.907. The van der Waals surface area contributed by atoms with Crippen LogP contribution in [-0.2, 0) is 42.8 Å². The first-order chi connectivity index (χ1) is 47.4. The van der Waals surface area contributed by atoms with Crippen LogP contribution in [0, 0.1) is 0 Å². The first kappa shape index (κ1) is 89.4. The molecule has 3 fully saturated rings. The van der Waals surface area contributed by atoms with Crippen molar-refractivity contribution in [3.63, 3.8) is 0 Å². The van der Waals surface area contributed by atoms with Crippen molar-refractivity contribution in [2.24, 2.45) is 0 Å². The number of aliphatic hydroxyl groups is 11. The standard InChI is InChI=1S/C75H138N2O21/c1-4-6-8-10-12-14-16-18-20-22-24-25-26-27-28-29-31-33-35-37-39-41-43-45-47-49-62(85)77-56(57(82)48-46-44-42-40-38-36-34-32-30-23-21-19-17-15-13-11-9-7-5-2)54-93-72-67(89)66(88)69(61(53-80)95-72)96-73-68(90)71(65(87)60(52-79)94-73)98-75(74(91)92)50-58(83)63(76-55(3)81)70(97-75)64(86)59(84)51-78/h27-28,46,48,56-61,63-73,78-80,82-84,86-90H,4-26,29-45,47,49-54H2,1-3H3,(H,76,81)(H,77,85)(H,91,92)/b28-27-,48-46+. The van der Waals surface area contributed by atoms with E-state index < -0.39 is 155 Å². The second kappa shape index (κ2) is 54.8.